The van der Waals surface area contributed by atoms with Gasteiger partial charge in [0, 0.05) is 19.0 Å². The minimum Gasteiger partial charge on any atom is -0.467 e. The van der Waals surface area contributed by atoms with Gasteiger partial charge < -0.3 is 25.3 Å². The number of rotatable bonds is 7. The molecule has 9 nitrogen and oxygen atoms in total. The summed E-state index contributed by atoms with van der Waals surface area (Å²) in [5.41, 5.74) is 5.58. The molecule has 3 N–H and O–H groups in total. The molecule has 0 aliphatic carbocycles. The van der Waals surface area contributed by atoms with E-state index in [-0.39, 0.29) is 23.8 Å². The van der Waals surface area contributed by atoms with Crippen LogP contribution >= 0.6 is 0 Å². The molecule has 0 bridgehead atoms. The van der Waals surface area contributed by atoms with Crippen LogP contribution in [0.5, 0.6) is 12.0 Å². The second kappa shape index (κ2) is 7.31. The summed E-state index contributed by atoms with van der Waals surface area (Å²) in [6.07, 6.45) is 0. The lowest BCUT2D eigenvalue weighted by Gasteiger charge is -2.24. The summed E-state index contributed by atoms with van der Waals surface area (Å²) in [4.78, 5) is 14.1. The first-order valence-corrected chi connectivity index (χ1v) is 6.12. The molecule has 20 heavy (non-hydrogen) atoms. The third-order valence-corrected chi connectivity index (χ3v) is 2.73. The summed E-state index contributed by atoms with van der Waals surface area (Å²) < 4.78 is 10.0. The molecule has 1 heterocycles. The van der Waals surface area contributed by atoms with Crippen LogP contribution in [0.25, 0.3) is 0 Å². The van der Waals surface area contributed by atoms with Crippen LogP contribution in [0.15, 0.2) is 5.16 Å². The van der Waals surface area contributed by atoms with E-state index in [2.05, 4.69) is 20.1 Å². The van der Waals surface area contributed by atoms with Crippen LogP contribution in [0, 0.1) is 5.92 Å². The van der Waals surface area contributed by atoms with Crippen molar-refractivity contribution in [2.24, 2.45) is 16.8 Å². The third-order valence-electron chi connectivity index (χ3n) is 2.73. The van der Waals surface area contributed by atoms with Crippen molar-refractivity contribution >= 4 is 11.8 Å². The minimum atomic E-state index is -0.159. The van der Waals surface area contributed by atoms with Crippen molar-refractivity contribution in [3.63, 3.8) is 0 Å². The standard InChI is InChI=1S/C11H20N6O3/c1-5-17(6-7(2)8(12)16-18)9-13-10(19-3)15-11(14-9)20-4/h7,18H,5-6H2,1-4H3,(H2,12,16). The Bertz CT molecular complexity index is 445. The van der Waals surface area contributed by atoms with Gasteiger partial charge in [-0.1, -0.05) is 12.1 Å². The molecular formula is C11H20N6O3. The van der Waals surface area contributed by atoms with E-state index in [9.17, 15) is 0 Å². The third kappa shape index (κ3) is 3.84. The predicted octanol–water partition coefficient (Wildman–Crippen LogP) is 0.0976. The van der Waals surface area contributed by atoms with E-state index in [1.807, 2.05) is 18.7 Å². The number of nitrogens with two attached hydrogens (primary N) is 1. The van der Waals surface area contributed by atoms with Gasteiger partial charge in [0.25, 0.3) is 0 Å². The van der Waals surface area contributed by atoms with E-state index in [1.54, 1.807) is 0 Å². The highest BCUT2D eigenvalue weighted by Crippen LogP contribution is 2.17. The number of oxime groups is 1. The van der Waals surface area contributed by atoms with Gasteiger partial charge in [-0.05, 0) is 6.92 Å². The average molecular weight is 284 g/mol. The number of anilines is 1. The van der Waals surface area contributed by atoms with Gasteiger partial charge in [-0.3, -0.25) is 0 Å². The van der Waals surface area contributed by atoms with Crippen molar-refractivity contribution in [3.8, 4) is 12.0 Å². The first kappa shape index (κ1) is 15.7. The Morgan fingerprint density at radius 1 is 1.30 bits per heavy atom. The van der Waals surface area contributed by atoms with Crippen LogP contribution in [0.2, 0.25) is 0 Å². The zero-order valence-corrected chi connectivity index (χ0v) is 12.1. The Morgan fingerprint density at radius 2 is 1.85 bits per heavy atom. The fraction of sp³-hybridized carbons (Fsp3) is 0.636. The SMILES string of the molecule is CCN(CC(C)C(N)=NO)c1nc(OC)nc(OC)n1. The smallest absolute Gasteiger partial charge is 0.324 e. The number of amidine groups is 1. The highest BCUT2D eigenvalue weighted by molar-refractivity contribution is 5.82. The predicted molar refractivity (Wildman–Crippen MR) is 73.4 cm³/mol. The molecule has 1 aromatic rings. The molecule has 0 radical (unpaired) electrons. The summed E-state index contributed by atoms with van der Waals surface area (Å²) in [7, 11) is 2.93. The van der Waals surface area contributed by atoms with Gasteiger partial charge in [-0.2, -0.15) is 9.97 Å². The van der Waals surface area contributed by atoms with E-state index >= 15 is 0 Å². The lowest BCUT2D eigenvalue weighted by molar-refractivity contribution is 0.314. The molecule has 1 rings (SSSR count). The fourth-order valence-electron chi connectivity index (χ4n) is 1.53. The molecular weight excluding hydrogens is 264 g/mol. The molecule has 0 saturated carbocycles. The number of ether oxygens (including phenoxy) is 2. The maximum absolute atomic E-state index is 8.69. The second-order valence-corrected chi connectivity index (χ2v) is 4.07. The van der Waals surface area contributed by atoms with Crippen molar-refractivity contribution < 1.29 is 14.7 Å². The Hall–Kier alpha value is -2.32. The topological polar surface area (TPSA) is 119 Å². The molecule has 0 spiro atoms. The summed E-state index contributed by atoms with van der Waals surface area (Å²) in [5.74, 6) is 0.402. The Balaban J connectivity index is 2.99. The molecule has 0 saturated heterocycles. The molecule has 9 heteroatoms. The van der Waals surface area contributed by atoms with Crippen LogP contribution in [0.1, 0.15) is 13.8 Å². The minimum absolute atomic E-state index is 0.149. The van der Waals surface area contributed by atoms with Gasteiger partial charge in [0.1, 0.15) is 5.84 Å². The molecule has 0 aromatic carbocycles. The number of hydrogen-bond donors (Lipinski definition) is 2. The van der Waals surface area contributed by atoms with Crippen molar-refractivity contribution in [2.45, 2.75) is 13.8 Å². The zero-order valence-electron chi connectivity index (χ0n) is 12.1. The van der Waals surface area contributed by atoms with Crippen LogP contribution < -0.4 is 20.1 Å². The maximum atomic E-state index is 8.69. The fourth-order valence-corrected chi connectivity index (χ4v) is 1.53. The summed E-state index contributed by atoms with van der Waals surface area (Å²) in [5, 5.41) is 11.7. The van der Waals surface area contributed by atoms with Crippen molar-refractivity contribution in [2.75, 3.05) is 32.2 Å². The summed E-state index contributed by atoms with van der Waals surface area (Å²) in [6.45, 7) is 4.91. The molecule has 1 aromatic heterocycles. The second-order valence-electron chi connectivity index (χ2n) is 4.07. The van der Waals surface area contributed by atoms with E-state index in [0.29, 0.717) is 19.0 Å². The monoisotopic (exact) mass is 284 g/mol. The number of nitrogens with zero attached hydrogens (tertiary/aromatic N) is 5. The van der Waals surface area contributed by atoms with Gasteiger partial charge in [0.05, 0.1) is 14.2 Å². The molecule has 1 unspecified atom stereocenters. The Kier molecular flexibility index (Phi) is 5.75. The lowest BCUT2D eigenvalue weighted by atomic mass is 10.1. The van der Waals surface area contributed by atoms with E-state index in [4.69, 9.17) is 20.4 Å². The van der Waals surface area contributed by atoms with Crippen LogP contribution in [0.3, 0.4) is 0 Å². The molecule has 0 aliphatic rings. The largest absolute Gasteiger partial charge is 0.467 e. The van der Waals surface area contributed by atoms with Gasteiger partial charge in [0.2, 0.25) is 5.95 Å². The van der Waals surface area contributed by atoms with Gasteiger partial charge in [-0.25, -0.2) is 0 Å². The zero-order chi connectivity index (χ0) is 15.1. The molecule has 112 valence electrons. The van der Waals surface area contributed by atoms with Crippen molar-refractivity contribution in [1.82, 2.24) is 15.0 Å². The van der Waals surface area contributed by atoms with Crippen LogP contribution in [-0.2, 0) is 0 Å². The highest BCUT2D eigenvalue weighted by atomic mass is 16.5. The van der Waals surface area contributed by atoms with E-state index < -0.39 is 0 Å². The normalized spacial score (nSPS) is 12.9. The molecule has 0 fully saturated rings. The van der Waals surface area contributed by atoms with Gasteiger partial charge in [-0.15, -0.1) is 4.98 Å². The Morgan fingerprint density at radius 3 is 2.25 bits per heavy atom. The first-order valence-electron chi connectivity index (χ1n) is 6.12. The van der Waals surface area contributed by atoms with Crippen molar-refractivity contribution in [1.29, 1.82) is 0 Å². The maximum Gasteiger partial charge on any atom is 0.324 e. The van der Waals surface area contributed by atoms with Crippen LogP contribution in [-0.4, -0.2) is 53.3 Å². The van der Waals surface area contributed by atoms with Gasteiger partial charge in [0.15, 0.2) is 0 Å². The summed E-state index contributed by atoms with van der Waals surface area (Å²) in [6, 6.07) is 0.337. The van der Waals surface area contributed by atoms with Crippen molar-refractivity contribution in [3.05, 3.63) is 0 Å². The van der Waals surface area contributed by atoms with Gasteiger partial charge >= 0.3 is 12.0 Å². The Labute approximate surface area is 117 Å². The average Bonchev–Trinajstić information content (AvgIpc) is 2.50. The summed E-state index contributed by atoms with van der Waals surface area (Å²) >= 11 is 0. The molecule has 0 amide bonds. The van der Waals surface area contributed by atoms with Crippen LogP contribution in [0.4, 0.5) is 5.95 Å². The van der Waals surface area contributed by atoms with E-state index in [1.165, 1.54) is 14.2 Å². The molecule has 0 aliphatic heterocycles. The van der Waals surface area contributed by atoms with E-state index in [0.717, 1.165) is 0 Å². The highest BCUT2D eigenvalue weighted by Gasteiger charge is 2.17. The number of methoxy groups -OCH3 is 2. The molecule has 1 atom stereocenters. The first-order chi connectivity index (χ1) is 9.55. The quantitative estimate of drug-likeness (QED) is 0.313. The number of hydrogen-bond acceptors (Lipinski definition) is 8. The number of aromatic nitrogens is 3. The lowest BCUT2D eigenvalue weighted by Crippen LogP contribution is -2.36.